The van der Waals surface area contributed by atoms with Gasteiger partial charge in [-0.25, -0.2) is 21.2 Å². The minimum atomic E-state index is -3.79. The zero-order chi connectivity index (χ0) is 24.1. The molecule has 174 valence electrons. The molecule has 1 aromatic heterocycles. The monoisotopic (exact) mass is 493 g/mol. The number of sulfone groups is 1. The summed E-state index contributed by atoms with van der Waals surface area (Å²) >= 11 is 0. The average molecular weight is 494 g/mol. The molecule has 12 heteroatoms. The van der Waals surface area contributed by atoms with Crippen molar-refractivity contribution in [2.24, 2.45) is 0 Å². The molecule has 4 rings (SSSR count). The van der Waals surface area contributed by atoms with E-state index in [9.17, 15) is 31.1 Å². The summed E-state index contributed by atoms with van der Waals surface area (Å²) in [5, 5.41) is 11.1. The lowest BCUT2D eigenvalue weighted by molar-refractivity contribution is 0.0763. The first-order valence-electron chi connectivity index (χ1n) is 9.83. The number of carbonyl (C=O) groups excluding carboxylic acids is 1. The summed E-state index contributed by atoms with van der Waals surface area (Å²) in [5.74, 6) is -1.97. The predicted molar refractivity (Wildman–Crippen MR) is 120 cm³/mol. The van der Waals surface area contributed by atoms with Crippen molar-refractivity contribution < 1.29 is 31.1 Å². The van der Waals surface area contributed by atoms with Crippen molar-refractivity contribution in [2.75, 3.05) is 16.7 Å². The number of aromatic hydroxyl groups is 1. The van der Waals surface area contributed by atoms with Gasteiger partial charge in [0.25, 0.3) is 5.91 Å². The minimum Gasteiger partial charge on any atom is -0.505 e. The predicted octanol–water partition coefficient (Wildman–Crippen LogP) is 2.40. The molecule has 0 radical (unpaired) electrons. The second-order valence-electron chi connectivity index (χ2n) is 7.67. The lowest BCUT2D eigenvalue weighted by atomic mass is 10.0. The summed E-state index contributed by atoms with van der Waals surface area (Å²) < 4.78 is 65.1. The van der Waals surface area contributed by atoms with E-state index in [0.29, 0.717) is 5.39 Å². The van der Waals surface area contributed by atoms with Crippen molar-refractivity contribution in [3.8, 4) is 5.75 Å². The molecular weight excluding hydrogens is 473 g/mol. The van der Waals surface area contributed by atoms with Crippen LogP contribution in [0.3, 0.4) is 0 Å². The van der Waals surface area contributed by atoms with Crippen LogP contribution in [0.4, 0.5) is 10.1 Å². The van der Waals surface area contributed by atoms with E-state index in [-0.39, 0.29) is 51.6 Å². The van der Waals surface area contributed by atoms with E-state index in [4.69, 9.17) is 0 Å². The van der Waals surface area contributed by atoms with Crippen LogP contribution in [0, 0.1) is 5.82 Å². The molecule has 0 saturated heterocycles. The molecule has 0 fully saturated rings. The fraction of sp³-hybridized carbons (Fsp3) is 0.238. The highest BCUT2D eigenvalue weighted by molar-refractivity contribution is 7.92. The number of hydrogen-bond acceptors (Lipinski definition) is 7. The molecule has 1 aliphatic rings. The molecule has 0 aliphatic carbocycles. The second-order valence-corrected chi connectivity index (χ2v) is 11.7. The van der Waals surface area contributed by atoms with Crippen LogP contribution in [0.2, 0.25) is 0 Å². The number of phenolic OH excluding ortho intramolecular Hbond substituents is 1. The molecule has 3 aromatic rings. The number of pyridine rings is 1. The van der Waals surface area contributed by atoms with Crippen LogP contribution < -0.4 is 4.72 Å². The summed E-state index contributed by atoms with van der Waals surface area (Å²) in [6, 6.07) is 6.40. The van der Waals surface area contributed by atoms with Gasteiger partial charge in [0.2, 0.25) is 10.0 Å². The number of halogens is 1. The van der Waals surface area contributed by atoms with Crippen LogP contribution in [-0.4, -0.2) is 49.7 Å². The van der Waals surface area contributed by atoms with Crippen LogP contribution in [0.15, 0.2) is 41.4 Å². The van der Waals surface area contributed by atoms with Crippen LogP contribution in [0.1, 0.15) is 28.4 Å². The zero-order valence-corrected chi connectivity index (χ0v) is 19.3. The van der Waals surface area contributed by atoms with Crippen molar-refractivity contribution in [1.29, 1.82) is 0 Å². The second kappa shape index (κ2) is 7.96. The van der Waals surface area contributed by atoms with Gasteiger partial charge in [0.15, 0.2) is 15.6 Å². The van der Waals surface area contributed by atoms with Gasteiger partial charge in [0.05, 0.1) is 21.9 Å². The summed E-state index contributed by atoms with van der Waals surface area (Å²) in [6.45, 7) is 1.16. The van der Waals surface area contributed by atoms with Crippen LogP contribution in [0.5, 0.6) is 5.75 Å². The third-order valence-corrected chi connectivity index (χ3v) is 7.87. The quantitative estimate of drug-likeness (QED) is 0.504. The first-order valence-corrected chi connectivity index (χ1v) is 13.4. The first kappa shape index (κ1) is 22.9. The van der Waals surface area contributed by atoms with Gasteiger partial charge in [-0.1, -0.05) is 6.07 Å². The number of nitrogens with one attached hydrogen (secondary N) is 1. The van der Waals surface area contributed by atoms with Gasteiger partial charge in [0, 0.05) is 36.5 Å². The van der Waals surface area contributed by atoms with Crippen LogP contribution >= 0.6 is 0 Å². The number of amides is 1. The highest BCUT2D eigenvalue weighted by atomic mass is 32.2. The van der Waals surface area contributed by atoms with Crippen molar-refractivity contribution in [3.63, 3.8) is 0 Å². The Morgan fingerprint density at radius 1 is 1.21 bits per heavy atom. The van der Waals surface area contributed by atoms with E-state index in [1.165, 1.54) is 24.1 Å². The number of rotatable bonds is 6. The summed E-state index contributed by atoms with van der Waals surface area (Å²) in [7, 11) is -7.52. The number of fused-ring (bicyclic) bond motifs is 2. The third-order valence-electron chi connectivity index (χ3n) is 5.42. The first-order chi connectivity index (χ1) is 15.4. The average Bonchev–Trinajstić information content (AvgIpc) is 3.08. The van der Waals surface area contributed by atoms with Gasteiger partial charge in [-0.2, -0.15) is 0 Å². The van der Waals surface area contributed by atoms with E-state index in [1.807, 2.05) is 0 Å². The van der Waals surface area contributed by atoms with E-state index in [1.54, 1.807) is 12.1 Å². The molecule has 0 unspecified atom stereocenters. The molecule has 1 amide bonds. The summed E-state index contributed by atoms with van der Waals surface area (Å²) in [5.41, 5.74) is 0.513. The molecule has 1 aliphatic heterocycles. The third kappa shape index (κ3) is 4.11. The molecule has 9 nitrogen and oxygen atoms in total. The Labute approximate surface area is 189 Å². The van der Waals surface area contributed by atoms with Gasteiger partial charge < -0.3 is 10.0 Å². The molecule has 33 heavy (non-hydrogen) atoms. The molecule has 2 aromatic carbocycles. The zero-order valence-electron chi connectivity index (χ0n) is 17.7. The Morgan fingerprint density at radius 3 is 2.61 bits per heavy atom. The van der Waals surface area contributed by atoms with E-state index in [0.717, 1.165) is 18.4 Å². The molecule has 0 spiro atoms. The maximum Gasteiger partial charge on any atom is 0.258 e. The van der Waals surface area contributed by atoms with Crippen LogP contribution in [-0.2, 0) is 33.0 Å². The maximum atomic E-state index is 13.7. The van der Waals surface area contributed by atoms with Gasteiger partial charge in [-0.05, 0) is 36.8 Å². The van der Waals surface area contributed by atoms with Gasteiger partial charge >= 0.3 is 0 Å². The van der Waals surface area contributed by atoms with Gasteiger partial charge in [-0.3, -0.25) is 14.5 Å². The number of nitrogens with zero attached hydrogens (tertiary/aromatic N) is 2. The van der Waals surface area contributed by atoms with Gasteiger partial charge in [-0.15, -0.1) is 0 Å². The number of benzene rings is 2. The van der Waals surface area contributed by atoms with Gasteiger partial charge in [0.1, 0.15) is 11.3 Å². The molecule has 2 heterocycles. The highest BCUT2D eigenvalue weighted by Crippen LogP contribution is 2.43. The van der Waals surface area contributed by atoms with E-state index in [2.05, 4.69) is 9.71 Å². The molecular formula is C21H20FN3O6S2. The topological polar surface area (TPSA) is 134 Å². The number of carbonyl (C=O) groups is 1. The summed E-state index contributed by atoms with van der Waals surface area (Å²) in [4.78, 5) is 18.3. The largest absolute Gasteiger partial charge is 0.505 e. The molecule has 0 saturated carbocycles. The lowest BCUT2D eigenvalue weighted by Gasteiger charge is -2.18. The Kier molecular flexibility index (Phi) is 5.53. The lowest BCUT2D eigenvalue weighted by Crippen LogP contribution is -2.24. The Balaban J connectivity index is 1.85. The number of anilines is 1. The summed E-state index contributed by atoms with van der Waals surface area (Å²) in [6.07, 6.45) is 2.34. The number of aromatic nitrogens is 1. The van der Waals surface area contributed by atoms with E-state index < -0.39 is 37.3 Å². The fourth-order valence-corrected chi connectivity index (χ4v) is 5.46. The molecule has 2 N–H and O–H groups in total. The fourth-order valence-electron chi connectivity index (χ4n) is 3.84. The molecule has 0 bridgehead atoms. The number of phenols is 1. The SMILES string of the molecule is CCS(=O)(=O)Nc1c2c(c(O)c3ncccc13)C(=O)N(Cc1ccc(F)cc1S(C)(=O)=O)C2. The number of hydrogen-bond donors (Lipinski definition) is 2. The van der Waals surface area contributed by atoms with Crippen LogP contribution in [0.25, 0.3) is 10.9 Å². The number of sulfonamides is 1. The smallest absolute Gasteiger partial charge is 0.258 e. The Hall–Kier alpha value is -3.25. The van der Waals surface area contributed by atoms with Crippen molar-refractivity contribution >= 4 is 42.4 Å². The molecule has 0 atom stereocenters. The van der Waals surface area contributed by atoms with Crippen molar-refractivity contribution in [3.05, 3.63) is 59.0 Å². The standard InChI is InChI=1S/C21H20FN3O6S2/c1-3-33(30,31)24-18-14-5-4-8-23-19(14)20(26)17-15(18)11-25(21(17)27)10-12-6-7-13(22)9-16(12)32(2,28)29/h4-9,24,26H,3,10-11H2,1-2H3. The van der Waals surface area contributed by atoms with Crippen molar-refractivity contribution in [1.82, 2.24) is 9.88 Å². The van der Waals surface area contributed by atoms with E-state index >= 15 is 0 Å². The Bertz CT molecular complexity index is 1520. The van der Waals surface area contributed by atoms with Crippen molar-refractivity contribution in [2.45, 2.75) is 24.9 Å². The normalized spacial score (nSPS) is 14.0. The minimum absolute atomic E-state index is 0.0545. The highest BCUT2D eigenvalue weighted by Gasteiger charge is 2.36. The maximum absolute atomic E-state index is 13.7. The Morgan fingerprint density at radius 2 is 1.94 bits per heavy atom.